The van der Waals surface area contributed by atoms with Gasteiger partial charge in [0.15, 0.2) is 0 Å². The predicted molar refractivity (Wildman–Crippen MR) is 138 cm³/mol. The Bertz CT molecular complexity index is 1470. The normalized spacial score (nSPS) is 23.0. The molecule has 0 radical (unpaired) electrons. The van der Waals surface area contributed by atoms with E-state index in [1.807, 2.05) is 13.0 Å². The van der Waals surface area contributed by atoms with E-state index in [0.29, 0.717) is 43.7 Å². The standard InChI is InChI=1S/C28H30F2N6O2/c1-16-14-35(15-22(31)27(16)37)24-5-8-32-12-17(24)9-25-33-13-19-3-4-23(34-36(19)25)26-20(29)10-18(11-21(26)30)28(38)6-2-7-28/h3-5,8,10-13,16,22,27,37-38H,2,6-7,9,14-15,31H2,1H3/t16-,22+,27+/m0/s1. The summed E-state index contributed by atoms with van der Waals surface area (Å²) in [5.74, 6) is -0.925. The second-order valence-corrected chi connectivity index (χ2v) is 10.6. The van der Waals surface area contributed by atoms with Crippen LogP contribution in [0.15, 0.2) is 48.9 Å². The molecule has 4 heterocycles. The monoisotopic (exact) mass is 520 g/mol. The summed E-state index contributed by atoms with van der Waals surface area (Å²) in [7, 11) is 0. The molecule has 4 N–H and O–H groups in total. The Morgan fingerprint density at radius 3 is 2.55 bits per heavy atom. The number of hydrogen-bond donors (Lipinski definition) is 3. The number of aromatic nitrogens is 4. The third-order valence-corrected chi connectivity index (χ3v) is 8.00. The molecule has 198 valence electrons. The van der Waals surface area contributed by atoms with Gasteiger partial charge >= 0.3 is 0 Å². The zero-order valence-electron chi connectivity index (χ0n) is 21.1. The third-order valence-electron chi connectivity index (χ3n) is 8.00. The fourth-order valence-electron chi connectivity index (χ4n) is 5.62. The average Bonchev–Trinajstić information content (AvgIpc) is 3.27. The maximum Gasteiger partial charge on any atom is 0.136 e. The molecule has 1 saturated carbocycles. The van der Waals surface area contributed by atoms with Crippen LogP contribution in [0, 0.1) is 17.6 Å². The highest BCUT2D eigenvalue weighted by Crippen LogP contribution is 2.42. The molecule has 2 aliphatic rings. The summed E-state index contributed by atoms with van der Waals surface area (Å²) in [6, 6.07) is 7.27. The lowest BCUT2D eigenvalue weighted by Gasteiger charge is -2.40. The SMILES string of the molecule is C[C@H]1CN(c2ccncc2Cc2ncc3ccc(-c4c(F)cc(C5(O)CCC5)cc4F)nn23)C[C@@H](N)[C@@H]1O. The first-order valence-corrected chi connectivity index (χ1v) is 12.9. The predicted octanol–water partition coefficient (Wildman–Crippen LogP) is 3.18. The van der Waals surface area contributed by atoms with Crippen molar-refractivity contribution in [3.63, 3.8) is 0 Å². The van der Waals surface area contributed by atoms with Gasteiger partial charge in [0.05, 0.1) is 34.7 Å². The van der Waals surface area contributed by atoms with Gasteiger partial charge in [-0.25, -0.2) is 18.3 Å². The fraction of sp³-hybridized carbons (Fsp3) is 0.393. The number of imidazole rings is 1. The van der Waals surface area contributed by atoms with Crippen molar-refractivity contribution >= 4 is 11.2 Å². The molecule has 0 spiro atoms. The maximum absolute atomic E-state index is 15.2. The summed E-state index contributed by atoms with van der Waals surface area (Å²) in [6.45, 7) is 3.14. The van der Waals surface area contributed by atoms with Gasteiger partial charge < -0.3 is 20.8 Å². The molecule has 1 aliphatic carbocycles. The van der Waals surface area contributed by atoms with Crippen LogP contribution in [0.1, 0.15) is 43.1 Å². The number of rotatable bonds is 5. The Balaban J connectivity index is 1.34. The Morgan fingerprint density at radius 1 is 1.11 bits per heavy atom. The Kier molecular flexibility index (Phi) is 6.13. The number of benzene rings is 1. The topological polar surface area (TPSA) is 113 Å². The van der Waals surface area contributed by atoms with Crippen molar-refractivity contribution in [1.82, 2.24) is 19.6 Å². The van der Waals surface area contributed by atoms with Crippen molar-refractivity contribution in [3.8, 4) is 11.3 Å². The number of piperidine rings is 1. The Morgan fingerprint density at radius 2 is 1.87 bits per heavy atom. The number of aliphatic hydroxyl groups excluding tert-OH is 1. The number of nitrogens with zero attached hydrogens (tertiary/aromatic N) is 5. The van der Waals surface area contributed by atoms with Crippen LogP contribution in [-0.2, 0) is 12.0 Å². The van der Waals surface area contributed by atoms with E-state index in [0.717, 1.165) is 17.7 Å². The molecule has 1 saturated heterocycles. The summed E-state index contributed by atoms with van der Waals surface area (Å²) < 4.78 is 31.9. The van der Waals surface area contributed by atoms with Crippen LogP contribution in [0.5, 0.6) is 0 Å². The molecular formula is C28H30F2N6O2. The first-order chi connectivity index (χ1) is 18.2. The number of hydrogen-bond acceptors (Lipinski definition) is 7. The molecule has 0 bridgehead atoms. The Hall–Kier alpha value is -3.47. The highest BCUT2D eigenvalue weighted by atomic mass is 19.1. The van der Waals surface area contributed by atoms with E-state index in [-0.39, 0.29) is 28.8 Å². The summed E-state index contributed by atoms with van der Waals surface area (Å²) in [5, 5.41) is 25.4. The summed E-state index contributed by atoms with van der Waals surface area (Å²) in [6.07, 6.45) is 6.79. The molecule has 1 aromatic carbocycles. The number of anilines is 1. The van der Waals surface area contributed by atoms with E-state index in [4.69, 9.17) is 5.73 Å². The van der Waals surface area contributed by atoms with Gasteiger partial charge in [0.25, 0.3) is 0 Å². The number of fused-ring (bicyclic) bond motifs is 1. The molecule has 2 fully saturated rings. The van der Waals surface area contributed by atoms with Gasteiger partial charge in [-0.2, -0.15) is 5.10 Å². The lowest BCUT2D eigenvalue weighted by Crippen LogP contribution is -2.55. The van der Waals surface area contributed by atoms with Gasteiger partial charge in [-0.15, -0.1) is 0 Å². The number of halogens is 2. The fourth-order valence-corrected chi connectivity index (χ4v) is 5.62. The minimum atomic E-state index is -1.16. The van der Waals surface area contributed by atoms with Crippen LogP contribution < -0.4 is 10.6 Å². The molecule has 10 heteroatoms. The van der Waals surface area contributed by atoms with Crippen molar-refractivity contribution in [2.24, 2.45) is 11.7 Å². The molecule has 4 aromatic rings. The number of nitrogens with two attached hydrogens (primary N) is 1. The summed E-state index contributed by atoms with van der Waals surface area (Å²) >= 11 is 0. The largest absolute Gasteiger partial charge is 0.391 e. The molecule has 1 aliphatic heterocycles. The van der Waals surface area contributed by atoms with Crippen molar-refractivity contribution in [1.29, 1.82) is 0 Å². The van der Waals surface area contributed by atoms with Crippen LogP contribution in [0.4, 0.5) is 14.5 Å². The van der Waals surface area contributed by atoms with E-state index < -0.39 is 23.3 Å². The zero-order valence-corrected chi connectivity index (χ0v) is 21.1. The maximum atomic E-state index is 15.2. The van der Waals surface area contributed by atoms with Crippen LogP contribution in [0.25, 0.3) is 16.8 Å². The molecule has 38 heavy (non-hydrogen) atoms. The van der Waals surface area contributed by atoms with E-state index >= 15 is 8.78 Å². The quantitative estimate of drug-likeness (QED) is 0.371. The first-order valence-electron chi connectivity index (χ1n) is 12.9. The van der Waals surface area contributed by atoms with E-state index in [1.54, 1.807) is 35.2 Å². The lowest BCUT2D eigenvalue weighted by atomic mass is 9.75. The lowest BCUT2D eigenvalue weighted by molar-refractivity contribution is -0.0392. The minimum Gasteiger partial charge on any atom is -0.391 e. The van der Waals surface area contributed by atoms with Gasteiger partial charge in [0, 0.05) is 55.1 Å². The number of pyridine rings is 1. The molecule has 8 nitrogen and oxygen atoms in total. The summed E-state index contributed by atoms with van der Waals surface area (Å²) in [4.78, 5) is 11.0. The first kappa shape index (κ1) is 24.8. The minimum absolute atomic E-state index is 0.0115. The molecular weight excluding hydrogens is 490 g/mol. The third kappa shape index (κ3) is 4.22. The average molecular weight is 521 g/mol. The van der Waals surface area contributed by atoms with Crippen molar-refractivity contribution in [3.05, 3.63) is 77.5 Å². The second-order valence-electron chi connectivity index (χ2n) is 10.6. The van der Waals surface area contributed by atoms with Crippen molar-refractivity contribution < 1.29 is 19.0 Å². The smallest absolute Gasteiger partial charge is 0.136 e. The second kappa shape index (κ2) is 9.37. The van der Waals surface area contributed by atoms with Gasteiger partial charge in [-0.3, -0.25) is 4.98 Å². The van der Waals surface area contributed by atoms with Crippen LogP contribution in [-0.4, -0.2) is 55.0 Å². The van der Waals surface area contributed by atoms with E-state index in [9.17, 15) is 10.2 Å². The highest BCUT2D eigenvalue weighted by molar-refractivity contribution is 5.64. The van der Waals surface area contributed by atoms with Crippen LogP contribution in [0.3, 0.4) is 0 Å². The molecule has 3 aromatic heterocycles. The highest BCUT2D eigenvalue weighted by Gasteiger charge is 2.37. The molecule has 0 unspecified atom stereocenters. The molecule has 6 rings (SSSR count). The van der Waals surface area contributed by atoms with Crippen molar-refractivity contribution in [2.45, 2.75) is 50.4 Å². The van der Waals surface area contributed by atoms with Gasteiger partial charge in [0.1, 0.15) is 17.5 Å². The molecule has 0 amide bonds. The molecule has 3 atom stereocenters. The van der Waals surface area contributed by atoms with Gasteiger partial charge in [-0.05, 0) is 55.2 Å². The Labute approximate surface area is 218 Å². The van der Waals surface area contributed by atoms with E-state index in [2.05, 4.69) is 20.0 Å². The van der Waals surface area contributed by atoms with Crippen LogP contribution in [0.2, 0.25) is 0 Å². The van der Waals surface area contributed by atoms with Gasteiger partial charge in [0.2, 0.25) is 0 Å². The van der Waals surface area contributed by atoms with Crippen molar-refractivity contribution in [2.75, 3.05) is 18.0 Å². The zero-order chi connectivity index (χ0) is 26.6. The number of aliphatic hydroxyl groups is 2. The van der Waals surface area contributed by atoms with Crippen LogP contribution >= 0.6 is 0 Å². The van der Waals surface area contributed by atoms with E-state index in [1.165, 1.54) is 12.1 Å². The van der Waals surface area contributed by atoms with Gasteiger partial charge in [-0.1, -0.05) is 6.92 Å². The summed E-state index contributed by atoms with van der Waals surface area (Å²) in [5.41, 5.74) is 7.72.